The van der Waals surface area contributed by atoms with Gasteiger partial charge in [-0.15, -0.1) is 0 Å². The van der Waals surface area contributed by atoms with Gasteiger partial charge in [0.25, 0.3) is 5.91 Å². The van der Waals surface area contributed by atoms with Crippen molar-refractivity contribution in [3.8, 4) is 0 Å². The van der Waals surface area contributed by atoms with Crippen LogP contribution in [0, 0.1) is 6.92 Å². The van der Waals surface area contributed by atoms with E-state index in [9.17, 15) is 4.79 Å². The molecule has 1 N–H and O–H groups in total. The zero-order valence-electron chi connectivity index (χ0n) is 8.53. The van der Waals surface area contributed by atoms with E-state index >= 15 is 0 Å². The molecule has 0 aliphatic rings. The zero-order valence-corrected chi connectivity index (χ0v) is 10.1. The summed E-state index contributed by atoms with van der Waals surface area (Å²) in [6.45, 7) is 1.77. The van der Waals surface area contributed by atoms with Gasteiger partial charge in [0.1, 0.15) is 0 Å². The second kappa shape index (κ2) is 4.49. The van der Waals surface area contributed by atoms with Crippen LogP contribution in [0.5, 0.6) is 0 Å². The Morgan fingerprint density at radius 2 is 2.19 bits per heavy atom. The Kier molecular flexibility index (Phi) is 3.05. The van der Waals surface area contributed by atoms with E-state index in [0.29, 0.717) is 11.3 Å². The monoisotopic (exact) mass is 280 g/mol. The third kappa shape index (κ3) is 2.14. The molecule has 1 amide bonds. The predicted octanol–water partition coefficient (Wildman–Crippen LogP) is 3.00. The maximum absolute atomic E-state index is 11.8. The van der Waals surface area contributed by atoms with Crippen molar-refractivity contribution in [2.45, 2.75) is 6.92 Å². The number of nitrogens with one attached hydrogen (secondary N) is 1. The molecular formula is C11H9BrN2O2. The first-order chi connectivity index (χ1) is 7.68. The number of amides is 1. The summed E-state index contributed by atoms with van der Waals surface area (Å²) in [5.41, 5.74) is 1.41. The van der Waals surface area contributed by atoms with Gasteiger partial charge in [-0.2, -0.15) is 0 Å². The lowest BCUT2D eigenvalue weighted by molar-refractivity contribution is 0.0987. The van der Waals surface area contributed by atoms with Crippen LogP contribution < -0.4 is 5.32 Å². The van der Waals surface area contributed by atoms with E-state index in [1.165, 1.54) is 6.20 Å². The standard InChI is InChI=1S/C11H9BrN2O2/c1-7-6-13-16-10(7)11(15)14-9-5-3-2-4-8(9)12/h2-6H,1H3,(H,14,15). The number of nitrogens with zero attached hydrogens (tertiary/aromatic N) is 1. The van der Waals surface area contributed by atoms with Gasteiger partial charge in [0.15, 0.2) is 0 Å². The molecule has 0 unspecified atom stereocenters. The molecular weight excluding hydrogens is 272 g/mol. The molecule has 5 heteroatoms. The van der Waals surface area contributed by atoms with Crippen LogP contribution in [-0.2, 0) is 0 Å². The molecule has 1 aromatic heterocycles. The Bertz CT molecular complexity index is 522. The average molecular weight is 281 g/mol. The molecule has 0 spiro atoms. The second-order valence-electron chi connectivity index (χ2n) is 3.27. The van der Waals surface area contributed by atoms with Crippen molar-refractivity contribution >= 4 is 27.5 Å². The number of rotatable bonds is 2. The van der Waals surface area contributed by atoms with Crippen molar-refractivity contribution in [1.29, 1.82) is 0 Å². The van der Waals surface area contributed by atoms with Crippen LogP contribution in [0.2, 0.25) is 0 Å². The fourth-order valence-corrected chi connectivity index (χ4v) is 1.63. The minimum absolute atomic E-state index is 0.232. The summed E-state index contributed by atoms with van der Waals surface area (Å²) in [4.78, 5) is 11.8. The van der Waals surface area contributed by atoms with Gasteiger partial charge >= 0.3 is 0 Å². The van der Waals surface area contributed by atoms with Crippen LogP contribution in [0.3, 0.4) is 0 Å². The molecule has 0 aliphatic heterocycles. The molecule has 0 radical (unpaired) electrons. The molecule has 1 heterocycles. The highest BCUT2D eigenvalue weighted by atomic mass is 79.9. The second-order valence-corrected chi connectivity index (χ2v) is 4.13. The highest BCUT2D eigenvalue weighted by Gasteiger charge is 2.14. The van der Waals surface area contributed by atoms with Crippen molar-refractivity contribution in [3.05, 3.63) is 46.3 Å². The van der Waals surface area contributed by atoms with Crippen LogP contribution in [0.4, 0.5) is 5.69 Å². The summed E-state index contributed by atoms with van der Waals surface area (Å²) in [5.74, 6) is -0.0716. The lowest BCUT2D eigenvalue weighted by Crippen LogP contribution is -2.12. The Hall–Kier alpha value is -1.62. The van der Waals surface area contributed by atoms with Gasteiger partial charge in [-0.3, -0.25) is 4.79 Å². The zero-order chi connectivity index (χ0) is 11.5. The van der Waals surface area contributed by atoms with Crippen LogP contribution >= 0.6 is 15.9 Å². The minimum atomic E-state index is -0.304. The smallest absolute Gasteiger partial charge is 0.294 e. The van der Waals surface area contributed by atoms with Gasteiger partial charge < -0.3 is 9.84 Å². The Labute approximate surface area is 101 Å². The Morgan fingerprint density at radius 1 is 1.44 bits per heavy atom. The van der Waals surface area contributed by atoms with E-state index < -0.39 is 0 Å². The number of carbonyl (C=O) groups excluding carboxylic acids is 1. The Balaban J connectivity index is 2.21. The number of anilines is 1. The first-order valence-electron chi connectivity index (χ1n) is 4.65. The maximum atomic E-state index is 11.8. The number of benzene rings is 1. The van der Waals surface area contributed by atoms with Crippen molar-refractivity contribution in [3.63, 3.8) is 0 Å². The Morgan fingerprint density at radius 3 is 2.81 bits per heavy atom. The number of carbonyl (C=O) groups is 1. The van der Waals surface area contributed by atoms with Crippen molar-refractivity contribution in [2.75, 3.05) is 5.32 Å². The largest absolute Gasteiger partial charge is 0.351 e. The number of aryl methyl sites for hydroxylation is 1. The van der Waals surface area contributed by atoms with E-state index in [4.69, 9.17) is 4.52 Å². The van der Waals surface area contributed by atoms with Crippen molar-refractivity contribution in [1.82, 2.24) is 5.16 Å². The van der Waals surface area contributed by atoms with Crippen LogP contribution in [0.15, 0.2) is 39.5 Å². The quantitative estimate of drug-likeness (QED) is 0.920. The lowest BCUT2D eigenvalue weighted by Gasteiger charge is -2.04. The predicted molar refractivity (Wildman–Crippen MR) is 63.3 cm³/mol. The third-order valence-electron chi connectivity index (χ3n) is 2.08. The lowest BCUT2D eigenvalue weighted by atomic mass is 10.2. The van der Waals surface area contributed by atoms with Crippen LogP contribution in [0.25, 0.3) is 0 Å². The average Bonchev–Trinajstić information content (AvgIpc) is 2.68. The van der Waals surface area contributed by atoms with E-state index in [0.717, 1.165) is 4.47 Å². The van der Waals surface area contributed by atoms with Gasteiger partial charge in [-0.1, -0.05) is 17.3 Å². The molecule has 0 aliphatic carbocycles. The third-order valence-corrected chi connectivity index (χ3v) is 2.77. The molecule has 2 aromatic rings. The van der Waals surface area contributed by atoms with E-state index in [-0.39, 0.29) is 11.7 Å². The van der Waals surface area contributed by atoms with Crippen molar-refractivity contribution < 1.29 is 9.32 Å². The number of halogens is 1. The summed E-state index contributed by atoms with van der Waals surface area (Å²) < 4.78 is 5.68. The molecule has 82 valence electrons. The molecule has 4 nitrogen and oxygen atoms in total. The summed E-state index contributed by atoms with van der Waals surface area (Å²) in [5, 5.41) is 6.29. The normalized spacial score (nSPS) is 10.1. The van der Waals surface area contributed by atoms with Gasteiger partial charge in [-0.05, 0) is 35.0 Å². The first kappa shape index (κ1) is 10.9. The molecule has 0 bridgehead atoms. The molecule has 2 rings (SSSR count). The molecule has 0 saturated heterocycles. The first-order valence-corrected chi connectivity index (χ1v) is 5.45. The van der Waals surface area contributed by atoms with E-state index in [1.54, 1.807) is 13.0 Å². The SMILES string of the molecule is Cc1cnoc1C(=O)Nc1ccccc1Br. The van der Waals surface area contributed by atoms with Gasteiger partial charge in [0.2, 0.25) is 5.76 Å². The molecule has 1 aromatic carbocycles. The summed E-state index contributed by atoms with van der Waals surface area (Å²) in [7, 11) is 0. The van der Waals surface area contributed by atoms with Crippen LogP contribution in [-0.4, -0.2) is 11.1 Å². The van der Waals surface area contributed by atoms with Crippen LogP contribution in [0.1, 0.15) is 16.1 Å². The number of hydrogen-bond donors (Lipinski definition) is 1. The topological polar surface area (TPSA) is 55.1 Å². The minimum Gasteiger partial charge on any atom is -0.351 e. The maximum Gasteiger partial charge on any atom is 0.294 e. The molecule has 0 atom stereocenters. The summed E-state index contributed by atoms with van der Waals surface area (Å²) in [6.07, 6.45) is 1.51. The number of aromatic nitrogens is 1. The van der Waals surface area contributed by atoms with E-state index in [2.05, 4.69) is 26.4 Å². The summed E-state index contributed by atoms with van der Waals surface area (Å²) >= 11 is 3.35. The highest BCUT2D eigenvalue weighted by Crippen LogP contribution is 2.22. The number of para-hydroxylation sites is 1. The van der Waals surface area contributed by atoms with Gasteiger partial charge in [0, 0.05) is 10.0 Å². The number of hydrogen-bond acceptors (Lipinski definition) is 3. The van der Waals surface area contributed by atoms with Gasteiger partial charge in [-0.25, -0.2) is 0 Å². The van der Waals surface area contributed by atoms with Crippen molar-refractivity contribution in [2.24, 2.45) is 0 Å². The van der Waals surface area contributed by atoms with Gasteiger partial charge in [0.05, 0.1) is 11.9 Å². The molecule has 16 heavy (non-hydrogen) atoms. The summed E-state index contributed by atoms with van der Waals surface area (Å²) in [6, 6.07) is 7.36. The van der Waals surface area contributed by atoms with E-state index in [1.807, 2.05) is 18.2 Å². The highest BCUT2D eigenvalue weighted by molar-refractivity contribution is 9.10. The molecule has 0 saturated carbocycles. The fraction of sp³-hybridized carbons (Fsp3) is 0.0909. The fourth-order valence-electron chi connectivity index (χ4n) is 1.25. The molecule has 0 fully saturated rings.